The molecule has 8 rings (SSSR count). The summed E-state index contributed by atoms with van der Waals surface area (Å²) >= 11 is 0. The molecule has 31 heavy (non-hydrogen) atoms. The van der Waals surface area contributed by atoms with Gasteiger partial charge in [-0.1, -0.05) is 54.1 Å². The first-order chi connectivity index (χ1) is 15.2. The van der Waals surface area contributed by atoms with Crippen LogP contribution >= 0.6 is 0 Å². The highest BCUT2D eigenvalue weighted by atomic mass is 14.7. The number of fused-ring (bicyclic) bond motifs is 3. The number of pyridine rings is 1. The summed E-state index contributed by atoms with van der Waals surface area (Å²) in [5.74, 6) is 2.91. The number of nitrogens with zero attached hydrogens (tertiary/aromatic N) is 1. The van der Waals surface area contributed by atoms with E-state index in [4.69, 9.17) is 4.98 Å². The molecule has 1 nitrogen and oxygen atoms in total. The average Bonchev–Trinajstić information content (AvgIpc) is 2.78. The number of rotatable bonds is 2. The second-order valence-electron chi connectivity index (χ2n) is 10.8. The lowest BCUT2D eigenvalue weighted by atomic mass is 9.48. The smallest absolute Gasteiger partial charge is 0.0788 e. The predicted octanol–water partition coefficient (Wildman–Crippen LogP) is 7.83. The Hall–Kier alpha value is -2.67. The summed E-state index contributed by atoms with van der Waals surface area (Å²) in [6.07, 6.45) is 8.74. The van der Waals surface area contributed by atoms with Crippen LogP contribution in [0.5, 0.6) is 0 Å². The number of hydrogen-bond acceptors (Lipinski definition) is 1. The van der Waals surface area contributed by atoms with Crippen LogP contribution in [-0.4, -0.2) is 4.98 Å². The van der Waals surface area contributed by atoms with Crippen molar-refractivity contribution >= 4 is 21.7 Å². The summed E-state index contributed by atoms with van der Waals surface area (Å²) in [5.41, 5.74) is 6.77. The molecule has 1 heteroatoms. The first kappa shape index (κ1) is 18.0. The van der Waals surface area contributed by atoms with E-state index in [0.29, 0.717) is 5.41 Å². The van der Waals surface area contributed by atoms with Crippen LogP contribution in [0.2, 0.25) is 0 Å². The van der Waals surface area contributed by atoms with Gasteiger partial charge in [-0.25, -0.2) is 4.98 Å². The van der Waals surface area contributed by atoms with Crippen molar-refractivity contribution in [2.45, 2.75) is 50.9 Å². The molecule has 4 aromatic rings. The maximum atomic E-state index is 5.14. The van der Waals surface area contributed by atoms with Gasteiger partial charge in [-0.2, -0.15) is 0 Å². The summed E-state index contributed by atoms with van der Waals surface area (Å²) in [5, 5.41) is 3.99. The molecule has 0 atom stereocenters. The van der Waals surface area contributed by atoms with Gasteiger partial charge >= 0.3 is 0 Å². The largest absolute Gasteiger partial charge is 0.247 e. The van der Waals surface area contributed by atoms with Gasteiger partial charge in [-0.15, -0.1) is 0 Å². The summed E-state index contributed by atoms with van der Waals surface area (Å²) in [6.45, 7) is 2.19. The van der Waals surface area contributed by atoms with E-state index in [1.807, 2.05) is 0 Å². The van der Waals surface area contributed by atoms with Gasteiger partial charge in [0.2, 0.25) is 0 Å². The standard InChI is InChI=1S/C30H29N/c1-19-7-10-28-27(11-19)26-15-24(30-16-20-12-21(17-30)14-22(13-20)18-30)8-9-25(26)29(31-28)23-5-3-2-4-6-23/h2-11,15,20-22H,12-14,16-18H2,1H3. The minimum Gasteiger partial charge on any atom is -0.247 e. The third kappa shape index (κ3) is 2.72. The van der Waals surface area contributed by atoms with Gasteiger partial charge in [0.1, 0.15) is 0 Å². The van der Waals surface area contributed by atoms with Crippen molar-refractivity contribution < 1.29 is 0 Å². The molecule has 0 amide bonds. The van der Waals surface area contributed by atoms with E-state index < -0.39 is 0 Å². The van der Waals surface area contributed by atoms with Crippen molar-refractivity contribution in [2.24, 2.45) is 17.8 Å². The fourth-order valence-electron chi connectivity index (χ4n) is 7.73. The summed E-state index contributed by atoms with van der Waals surface area (Å²) in [6, 6.07) is 24.8. The molecular formula is C30H29N. The zero-order chi connectivity index (χ0) is 20.6. The highest BCUT2D eigenvalue weighted by molar-refractivity contribution is 6.11. The molecule has 4 fully saturated rings. The van der Waals surface area contributed by atoms with E-state index in [-0.39, 0.29) is 0 Å². The zero-order valence-corrected chi connectivity index (χ0v) is 18.3. The van der Waals surface area contributed by atoms with E-state index in [0.717, 1.165) is 29.0 Å². The van der Waals surface area contributed by atoms with E-state index in [9.17, 15) is 0 Å². The number of aromatic nitrogens is 1. The lowest BCUT2D eigenvalue weighted by Crippen LogP contribution is -2.48. The third-order valence-corrected chi connectivity index (χ3v) is 8.65. The predicted molar refractivity (Wildman–Crippen MR) is 129 cm³/mol. The van der Waals surface area contributed by atoms with Gasteiger partial charge in [0.15, 0.2) is 0 Å². The Morgan fingerprint density at radius 3 is 2.13 bits per heavy atom. The van der Waals surface area contributed by atoms with Gasteiger partial charge in [-0.05, 0) is 97.8 Å². The Morgan fingerprint density at radius 1 is 0.710 bits per heavy atom. The van der Waals surface area contributed by atoms with Crippen LogP contribution in [0.1, 0.15) is 49.7 Å². The molecule has 1 aromatic heterocycles. The number of aryl methyl sites for hydroxylation is 1. The van der Waals surface area contributed by atoms with Crippen molar-refractivity contribution in [1.82, 2.24) is 4.98 Å². The molecule has 0 N–H and O–H groups in total. The molecule has 3 aromatic carbocycles. The Morgan fingerprint density at radius 2 is 1.42 bits per heavy atom. The maximum absolute atomic E-state index is 5.14. The van der Waals surface area contributed by atoms with E-state index in [1.165, 1.54) is 65.8 Å². The molecule has 0 spiro atoms. The highest BCUT2D eigenvalue weighted by Gasteiger charge is 2.51. The normalized spacial score (nSPS) is 29.1. The molecule has 0 saturated heterocycles. The lowest BCUT2D eigenvalue weighted by Gasteiger charge is -2.57. The molecule has 0 radical (unpaired) electrons. The van der Waals surface area contributed by atoms with Gasteiger partial charge in [0.25, 0.3) is 0 Å². The highest BCUT2D eigenvalue weighted by Crippen LogP contribution is 2.61. The Bertz CT molecular complexity index is 1280. The molecule has 4 aliphatic carbocycles. The molecule has 4 saturated carbocycles. The minimum atomic E-state index is 0.426. The van der Waals surface area contributed by atoms with Crippen LogP contribution in [0.25, 0.3) is 32.9 Å². The van der Waals surface area contributed by atoms with E-state index in [1.54, 1.807) is 5.56 Å². The molecule has 4 aliphatic rings. The fraction of sp³-hybridized carbons (Fsp3) is 0.367. The van der Waals surface area contributed by atoms with Crippen LogP contribution in [0, 0.1) is 24.7 Å². The van der Waals surface area contributed by atoms with Crippen molar-refractivity contribution in [3.05, 3.63) is 77.9 Å². The van der Waals surface area contributed by atoms with Crippen LogP contribution < -0.4 is 0 Å². The van der Waals surface area contributed by atoms with Crippen molar-refractivity contribution in [2.75, 3.05) is 0 Å². The lowest BCUT2D eigenvalue weighted by molar-refractivity contribution is -0.00512. The second-order valence-corrected chi connectivity index (χ2v) is 10.8. The molecule has 154 valence electrons. The second kappa shape index (κ2) is 6.42. The first-order valence-corrected chi connectivity index (χ1v) is 12.1. The summed E-state index contributed by atoms with van der Waals surface area (Å²) in [4.78, 5) is 5.14. The Kier molecular flexibility index (Phi) is 3.72. The van der Waals surface area contributed by atoms with Crippen LogP contribution in [-0.2, 0) is 5.41 Å². The fourth-order valence-corrected chi connectivity index (χ4v) is 7.73. The van der Waals surface area contributed by atoms with E-state index in [2.05, 4.69) is 73.7 Å². The van der Waals surface area contributed by atoms with Gasteiger partial charge in [0, 0.05) is 16.3 Å². The minimum absolute atomic E-state index is 0.426. The Balaban J connectivity index is 1.49. The quantitative estimate of drug-likeness (QED) is 0.311. The monoisotopic (exact) mass is 403 g/mol. The molecule has 1 heterocycles. The SMILES string of the molecule is Cc1ccc2nc(-c3ccccc3)c3ccc(C45CC6CC(CC(C6)C4)C5)cc3c2c1. The average molecular weight is 404 g/mol. The van der Waals surface area contributed by atoms with Gasteiger partial charge in [-0.3, -0.25) is 0 Å². The number of hydrogen-bond donors (Lipinski definition) is 0. The van der Waals surface area contributed by atoms with Gasteiger partial charge < -0.3 is 0 Å². The molecular weight excluding hydrogens is 374 g/mol. The van der Waals surface area contributed by atoms with Crippen molar-refractivity contribution in [3.8, 4) is 11.3 Å². The summed E-state index contributed by atoms with van der Waals surface area (Å²) < 4.78 is 0. The summed E-state index contributed by atoms with van der Waals surface area (Å²) in [7, 11) is 0. The maximum Gasteiger partial charge on any atom is 0.0788 e. The zero-order valence-electron chi connectivity index (χ0n) is 18.3. The number of benzene rings is 3. The van der Waals surface area contributed by atoms with Crippen molar-refractivity contribution in [3.63, 3.8) is 0 Å². The van der Waals surface area contributed by atoms with Crippen LogP contribution in [0.4, 0.5) is 0 Å². The molecule has 0 aliphatic heterocycles. The Labute approximate surface area is 184 Å². The van der Waals surface area contributed by atoms with Gasteiger partial charge in [0.05, 0.1) is 11.2 Å². The topological polar surface area (TPSA) is 12.9 Å². The first-order valence-electron chi connectivity index (χ1n) is 12.1. The molecule has 4 bridgehead atoms. The third-order valence-electron chi connectivity index (χ3n) is 8.65. The van der Waals surface area contributed by atoms with E-state index >= 15 is 0 Å². The van der Waals surface area contributed by atoms with Crippen molar-refractivity contribution in [1.29, 1.82) is 0 Å². The van der Waals surface area contributed by atoms with Crippen LogP contribution in [0.3, 0.4) is 0 Å². The molecule has 0 unspecified atom stereocenters. The van der Waals surface area contributed by atoms with Crippen LogP contribution in [0.15, 0.2) is 66.7 Å².